The Kier molecular flexibility index (Phi) is 8.75. The molecule has 6 nitrogen and oxygen atoms in total. The Bertz CT molecular complexity index is 1130. The van der Waals surface area contributed by atoms with Crippen molar-refractivity contribution < 1.29 is 23.8 Å². The van der Waals surface area contributed by atoms with Crippen LogP contribution in [0.15, 0.2) is 72.8 Å². The van der Waals surface area contributed by atoms with Crippen LogP contribution >= 0.6 is 23.2 Å². The van der Waals surface area contributed by atoms with Crippen LogP contribution in [0.25, 0.3) is 6.08 Å². The minimum Gasteiger partial charge on any atom is -0.495 e. The van der Waals surface area contributed by atoms with Gasteiger partial charge in [-0.1, -0.05) is 53.5 Å². The molecule has 3 aromatic carbocycles. The van der Waals surface area contributed by atoms with Gasteiger partial charge >= 0.3 is 5.97 Å². The van der Waals surface area contributed by atoms with Gasteiger partial charge in [-0.2, -0.15) is 0 Å². The Balaban J connectivity index is 1.46. The number of benzene rings is 3. The largest absolute Gasteiger partial charge is 0.495 e. The number of halogens is 2. The first-order valence-electron chi connectivity index (χ1n) is 9.89. The summed E-state index contributed by atoms with van der Waals surface area (Å²) in [7, 11) is 1.50. The Labute approximate surface area is 201 Å². The van der Waals surface area contributed by atoms with E-state index in [-0.39, 0.29) is 6.61 Å². The van der Waals surface area contributed by atoms with Crippen molar-refractivity contribution in [2.24, 2.45) is 0 Å². The van der Waals surface area contributed by atoms with Crippen molar-refractivity contribution in [3.63, 3.8) is 0 Å². The number of hydrogen-bond acceptors (Lipinski definition) is 5. The molecular weight excluding hydrogens is 465 g/mol. The van der Waals surface area contributed by atoms with Crippen LogP contribution in [-0.4, -0.2) is 25.6 Å². The second-order valence-electron chi connectivity index (χ2n) is 6.75. The molecule has 0 aliphatic heterocycles. The van der Waals surface area contributed by atoms with Crippen molar-refractivity contribution >= 4 is 46.8 Å². The zero-order chi connectivity index (χ0) is 23.6. The lowest BCUT2D eigenvalue weighted by Crippen LogP contribution is -2.20. The SMILES string of the molecule is COc1ccccc1NC(=O)COC(=O)C=Cc1ccc(OCc2c(Cl)cccc2Cl)cc1. The Morgan fingerprint density at radius 2 is 1.64 bits per heavy atom. The average Bonchev–Trinajstić information content (AvgIpc) is 2.82. The normalized spacial score (nSPS) is 10.6. The molecule has 0 aromatic heterocycles. The highest BCUT2D eigenvalue weighted by atomic mass is 35.5. The van der Waals surface area contributed by atoms with E-state index < -0.39 is 18.5 Å². The fourth-order valence-corrected chi connectivity index (χ4v) is 3.29. The summed E-state index contributed by atoms with van der Waals surface area (Å²) in [5, 5.41) is 3.71. The molecule has 170 valence electrons. The van der Waals surface area contributed by atoms with Gasteiger partial charge in [-0.05, 0) is 48.0 Å². The number of esters is 1. The molecule has 0 bridgehead atoms. The summed E-state index contributed by atoms with van der Waals surface area (Å²) in [6.07, 6.45) is 2.82. The third-order valence-electron chi connectivity index (χ3n) is 4.46. The van der Waals surface area contributed by atoms with Gasteiger partial charge in [-0.25, -0.2) is 4.79 Å². The smallest absolute Gasteiger partial charge is 0.331 e. The molecule has 0 radical (unpaired) electrons. The van der Waals surface area contributed by atoms with E-state index >= 15 is 0 Å². The van der Waals surface area contributed by atoms with Gasteiger partial charge in [0.1, 0.15) is 18.1 Å². The first-order chi connectivity index (χ1) is 16.0. The van der Waals surface area contributed by atoms with Crippen molar-refractivity contribution in [3.05, 3.63) is 94.0 Å². The van der Waals surface area contributed by atoms with Crippen LogP contribution in [0.1, 0.15) is 11.1 Å². The number of hydrogen-bond donors (Lipinski definition) is 1. The molecule has 3 rings (SSSR count). The molecule has 0 fully saturated rings. The lowest BCUT2D eigenvalue weighted by atomic mass is 10.2. The fourth-order valence-electron chi connectivity index (χ4n) is 2.78. The Morgan fingerprint density at radius 3 is 2.33 bits per heavy atom. The van der Waals surface area contributed by atoms with Crippen LogP contribution in [0, 0.1) is 0 Å². The van der Waals surface area contributed by atoms with Gasteiger partial charge < -0.3 is 19.5 Å². The molecule has 0 atom stereocenters. The van der Waals surface area contributed by atoms with Gasteiger partial charge in [0.25, 0.3) is 5.91 Å². The van der Waals surface area contributed by atoms with Crippen molar-refractivity contribution in [1.29, 1.82) is 0 Å². The third kappa shape index (κ3) is 7.27. The van der Waals surface area contributed by atoms with Gasteiger partial charge in [0.05, 0.1) is 12.8 Å². The van der Waals surface area contributed by atoms with Gasteiger partial charge in [0.2, 0.25) is 0 Å². The maximum Gasteiger partial charge on any atom is 0.331 e. The highest BCUT2D eigenvalue weighted by molar-refractivity contribution is 6.35. The van der Waals surface area contributed by atoms with E-state index in [2.05, 4.69) is 5.32 Å². The minimum absolute atomic E-state index is 0.233. The zero-order valence-corrected chi connectivity index (χ0v) is 19.2. The first kappa shape index (κ1) is 24.2. The van der Waals surface area contributed by atoms with Crippen molar-refractivity contribution in [1.82, 2.24) is 0 Å². The highest BCUT2D eigenvalue weighted by Crippen LogP contribution is 2.26. The summed E-state index contributed by atoms with van der Waals surface area (Å²) < 4.78 is 15.9. The van der Waals surface area contributed by atoms with E-state index in [1.54, 1.807) is 72.8 Å². The van der Waals surface area contributed by atoms with E-state index in [4.69, 9.17) is 37.4 Å². The van der Waals surface area contributed by atoms with Crippen molar-refractivity contribution in [2.75, 3.05) is 19.0 Å². The average molecular weight is 486 g/mol. The van der Waals surface area contributed by atoms with Crippen LogP contribution < -0.4 is 14.8 Å². The summed E-state index contributed by atoms with van der Waals surface area (Å²) in [6, 6.07) is 19.3. The molecule has 0 aliphatic carbocycles. The molecule has 1 amide bonds. The van der Waals surface area contributed by atoms with Gasteiger partial charge in [-0.3, -0.25) is 4.79 Å². The number of methoxy groups -OCH3 is 1. The van der Waals surface area contributed by atoms with E-state index in [1.807, 2.05) is 0 Å². The molecule has 1 N–H and O–H groups in total. The monoisotopic (exact) mass is 485 g/mol. The lowest BCUT2D eigenvalue weighted by Gasteiger charge is -2.10. The number of anilines is 1. The molecule has 0 saturated heterocycles. The number of para-hydroxylation sites is 2. The minimum atomic E-state index is -0.640. The quantitative estimate of drug-likeness (QED) is 0.307. The number of carbonyl (C=O) groups excluding carboxylic acids is 2. The van der Waals surface area contributed by atoms with Crippen LogP contribution in [-0.2, 0) is 20.9 Å². The van der Waals surface area contributed by atoms with Crippen LogP contribution in [0.5, 0.6) is 11.5 Å². The highest BCUT2D eigenvalue weighted by Gasteiger charge is 2.09. The van der Waals surface area contributed by atoms with Gasteiger partial charge in [0, 0.05) is 21.7 Å². The summed E-state index contributed by atoms with van der Waals surface area (Å²) >= 11 is 12.3. The molecule has 33 heavy (non-hydrogen) atoms. The fraction of sp³-hybridized carbons (Fsp3) is 0.120. The Morgan fingerprint density at radius 1 is 0.939 bits per heavy atom. The van der Waals surface area contributed by atoms with Crippen LogP contribution in [0.3, 0.4) is 0 Å². The lowest BCUT2D eigenvalue weighted by molar-refractivity contribution is -0.142. The number of carbonyl (C=O) groups is 2. The molecular formula is C25H21Cl2NO5. The maximum atomic E-state index is 12.0. The van der Waals surface area contributed by atoms with Crippen molar-refractivity contribution in [2.45, 2.75) is 6.61 Å². The zero-order valence-electron chi connectivity index (χ0n) is 17.7. The van der Waals surface area contributed by atoms with Gasteiger partial charge in [-0.15, -0.1) is 0 Å². The summed E-state index contributed by atoms with van der Waals surface area (Å²) in [5.41, 5.74) is 1.96. The molecule has 0 saturated carbocycles. The van der Waals surface area contributed by atoms with Crippen LogP contribution in [0.2, 0.25) is 10.0 Å². The Hall–Kier alpha value is -3.48. The number of rotatable bonds is 9. The topological polar surface area (TPSA) is 73.9 Å². The van der Waals surface area contributed by atoms with E-state index in [0.717, 1.165) is 5.56 Å². The van der Waals surface area contributed by atoms with E-state index in [1.165, 1.54) is 13.2 Å². The molecule has 8 heteroatoms. The first-order valence-corrected chi connectivity index (χ1v) is 10.7. The number of amides is 1. The van der Waals surface area contributed by atoms with Gasteiger partial charge in [0.15, 0.2) is 6.61 Å². The summed E-state index contributed by atoms with van der Waals surface area (Å²) in [5.74, 6) is 0.0263. The number of nitrogens with one attached hydrogen (secondary N) is 1. The second-order valence-corrected chi connectivity index (χ2v) is 7.56. The van der Waals surface area contributed by atoms with Crippen LogP contribution in [0.4, 0.5) is 5.69 Å². The predicted molar refractivity (Wildman–Crippen MR) is 129 cm³/mol. The summed E-state index contributed by atoms with van der Waals surface area (Å²) in [6.45, 7) is -0.185. The predicted octanol–water partition coefficient (Wildman–Crippen LogP) is 5.78. The third-order valence-corrected chi connectivity index (χ3v) is 5.17. The standard InChI is InChI=1S/C25H21Cl2NO5/c1-31-23-8-3-2-7-22(23)28-24(29)16-33-25(30)14-11-17-9-12-18(13-10-17)32-15-19-20(26)5-4-6-21(19)27/h2-14H,15-16H2,1H3,(H,28,29). The molecule has 0 aliphatic rings. The second kappa shape index (κ2) is 11.9. The molecule has 0 spiro atoms. The summed E-state index contributed by atoms with van der Waals surface area (Å²) in [4.78, 5) is 23.9. The maximum absolute atomic E-state index is 12.0. The van der Waals surface area contributed by atoms with E-state index in [0.29, 0.717) is 32.8 Å². The van der Waals surface area contributed by atoms with E-state index in [9.17, 15) is 9.59 Å². The number of ether oxygens (including phenoxy) is 3. The molecule has 0 heterocycles. The molecule has 0 unspecified atom stereocenters. The molecule has 3 aromatic rings. The van der Waals surface area contributed by atoms with Crippen molar-refractivity contribution in [3.8, 4) is 11.5 Å².